The third-order valence-electron chi connectivity index (χ3n) is 4.51. The van der Waals surface area contributed by atoms with Crippen molar-refractivity contribution in [2.75, 3.05) is 31.1 Å². The van der Waals surface area contributed by atoms with Crippen LogP contribution in [0.25, 0.3) is 0 Å². The number of rotatable bonds is 5. The maximum absolute atomic E-state index is 14.4. The molecule has 0 bridgehead atoms. The Labute approximate surface area is 155 Å². The lowest BCUT2D eigenvalue weighted by Gasteiger charge is -2.36. The Bertz CT molecular complexity index is 658. The average Bonchev–Trinajstić information content (AvgIpc) is 2.56. The van der Waals surface area contributed by atoms with Gasteiger partial charge in [0.2, 0.25) is 0 Å². The van der Waals surface area contributed by atoms with Crippen molar-refractivity contribution >= 4 is 18.1 Å². The Kier molecular flexibility index (Phi) is 7.24. The second-order valence-corrected chi connectivity index (χ2v) is 6.59. The molecule has 2 aromatic carbocycles. The second-order valence-electron chi connectivity index (χ2n) is 6.59. The topological polar surface area (TPSA) is 26.7 Å². The molecular weight excluding hydrogens is 339 g/mol. The van der Waals surface area contributed by atoms with E-state index in [1.165, 1.54) is 5.56 Å². The van der Waals surface area contributed by atoms with Gasteiger partial charge < -0.3 is 10.0 Å². The van der Waals surface area contributed by atoms with Crippen molar-refractivity contribution in [3.05, 3.63) is 65.5 Å². The van der Waals surface area contributed by atoms with Crippen molar-refractivity contribution in [1.29, 1.82) is 0 Å². The molecule has 0 amide bonds. The van der Waals surface area contributed by atoms with Crippen LogP contribution in [-0.2, 0) is 13.0 Å². The van der Waals surface area contributed by atoms with Gasteiger partial charge in [0.25, 0.3) is 0 Å². The maximum Gasteiger partial charge on any atom is 0.146 e. The molecule has 0 aromatic heterocycles. The van der Waals surface area contributed by atoms with E-state index in [0.717, 1.165) is 38.3 Å². The fourth-order valence-corrected chi connectivity index (χ4v) is 3.26. The minimum atomic E-state index is -0.447. The standard InChI is InChI=1S/C20H25FN2O.ClH/c1-16(24)13-18-7-8-20(19(21)14-18)23-11-9-22(10-12-23)15-17-5-3-2-4-6-17;/h2-8,14,16,24H,9-13,15H2,1H3;1H. The van der Waals surface area contributed by atoms with E-state index in [1.54, 1.807) is 13.0 Å². The van der Waals surface area contributed by atoms with Gasteiger partial charge in [-0.3, -0.25) is 4.90 Å². The molecule has 1 heterocycles. The minimum absolute atomic E-state index is 0. The van der Waals surface area contributed by atoms with E-state index in [4.69, 9.17) is 0 Å². The number of aliphatic hydroxyl groups is 1. The van der Waals surface area contributed by atoms with Crippen LogP contribution in [0, 0.1) is 5.82 Å². The van der Waals surface area contributed by atoms with E-state index in [9.17, 15) is 9.50 Å². The molecule has 0 aliphatic carbocycles. The second kappa shape index (κ2) is 9.18. The lowest BCUT2D eigenvalue weighted by Crippen LogP contribution is -2.46. The van der Waals surface area contributed by atoms with Gasteiger partial charge in [-0.2, -0.15) is 0 Å². The van der Waals surface area contributed by atoms with Crippen molar-refractivity contribution < 1.29 is 9.50 Å². The number of piperazine rings is 1. The molecule has 1 N–H and O–H groups in total. The minimum Gasteiger partial charge on any atom is -0.393 e. The number of hydrogen-bond acceptors (Lipinski definition) is 3. The van der Waals surface area contributed by atoms with Crippen molar-refractivity contribution in [3.8, 4) is 0 Å². The Morgan fingerprint density at radius 2 is 1.68 bits per heavy atom. The van der Waals surface area contributed by atoms with Crippen molar-refractivity contribution in [2.24, 2.45) is 0 Å². The highest BCUT2D eigenvalue weighted by atomic mass is 35.5. The van der Waals surface area contributed by atoms with Gasteiger partial charge in [-0.15, -0.1) is 12.4 Å². The molecule has 5 heteroatoms. The molecule has 1 atom stereocenters. The van der Waals surface area contributed by atoms with E-state index in [2.05, 4.69) is 34.1 Å². The molecular formula is C20H26ClFN2O. The molecule has 1 aliphatic heterocycles. The molecule has 1 saturated heterocycles. The normalized spacial score (nSPS) is 16.4. The number of halogens is 2. The zero-order valence-corrected chi connectivity index (χ0v) is 15.4. The van der Waals surface area contributed by atoms with E-state index < -0.39 is 6.10 Å². The van der Waals surface area contributed by atoms with Gasteiger partial charge in [-0.25, -0.2) is 4.39 Å². The summed E-state index contributed by atoms with van der Waals surface area (Å²) in [4.78, 5) is 4.52. The van der Waals surface area contributed by atoms with Gasteiger partial charge >= 0.3 is 0 Å². The molecule has 136 valence electrons. The number of hydrogen-bond donors (Lipinski definition) is 1. The van der Waals surface area contributed by atoms with Crippen LogP contribution < -0.4 is 4.90 Å². The van der Waals surface area contributed by atoms with Crippen molar-refractivity contribution in [1.82, 2.24) is 4.90 Å². The summed E-state index contributed by atoms with van der Waals surface area (Å²) in [6.45, 7) is 6.20. The summed E-state index contributed by atoms with van der Waals surface area (Å²) < 4.78 is 14.4. The highest BCUT2D eigenvalue weighted by Gasteiger charge is 2.19. The number of nitrogens with zero attached hydrogens (tertiary/aromatic N) is 2. The quantitative estimate of drug-likeness (QED) is 0.879. The zero-order valence-electron chi connectivity index (χ0n) is 14.6. The van der Waals surface area contributed by atoms with Crippen LogP contribution in [0.5, 0.6) is 0 Å². The van der Waals surface area contributed by atoms with E-state index in [-0.39, 0.29) is 18.2 Å². The van der Waals surface area contributed by atoms with Crippen molar-refractivity contribution in [3.63, 3.8) is 0 Å². The van der Waals surface area contributed by atoms with Crippen LogP contribution in [0.2, 0.25) is 0 Å². The Hall–Kier alpha value is -1.62. The van der Waals surface area contributed by atoms with Crippen molar-refractivity contribution in [2.45, 2.75) is 26.0 Å². The van der Waals surface area contributed by atoms with E-state index >= 15 is 0 Å². The molecule has 2 aromatic rings. The van der Waals surface area contributed by atoms with Crippen LogP contribution in [0.15, 0.2) is 48.5 Å². The fourth-order valence-electron chi connectivity index (χ4n) is 3.26. The summed E-state index contributed by atoms with van der Waals surface area (Å²) in [5.41, 5.74) is 2.83. The first-order chi connectivity index (χ1) is 11.6. The SMILES string of the molecule is CC(O)Cc1ccc(N2CCN(Cc3ccccc3)CC2)c(F)c1.Cl. The average molecular weight is 365 g/mol. The van der Waals surface area contributed by atoms with Gasteiger partial charge in [0.05, 0.1) is 11.8 Å². The zero-order chi connectivity index (χ0) is 16.9. The number of anilines is 1. The molecule has 0 saturated carbocycles. The van der Waals surface area contributed by atoms with Gasteiger partial charge in [-0.05, 0) is 36.6 Å². The van der Waals surface area contributed by atoms with Gasteiger partial charge in [0.1, 0.15) is 5.82 Å². The van der Waals surface area contributed by atoms with E-state index in [1.807, 2.05) is 18.2 Å². The Morgan fingerprint density at radius 3 is 2.28 bits per heavy atom. The number of benzene rings is 2. The summed E-state index contributed by atoms with van der Waals surface area (Å²) in [6, 6.07) is 15.8. The lowest BCUT2D eigenvalue weighted by molar-refractivity contribution is 0.195. The first-order valence-electron chi connectivity index (χ1n) is 8.59. The summed E-state index contributed by atoms with van der Waals surface area (Å²) in [7, 11) is 0. The number of aliphatic hydroxyl groups excluding tert-OH is 1. The first kappa shape index (κ1) is 19.7. The largest absolute Gasteiger partial charge is 0.393 e. The highest BCUT2D eigenvalue weighted by molar-refractivity contribution is 5.85. The Balaban J connectivity index is 0.00000225. The van der Waals surface area contributed by atoms with E-state index in [0.29, 0.717) is 12.1 Å². The fraction of sp³-hybridized carbons (Fsp3) is 0.400. The lowest BCUT2D eigenvalue weighted by atomic mass is 10.1. The third-order valence-corrected chi connectivity index (χ3v) is 4.51. The maximum atomic E-state index is 14.4. The summed E-state index contributed by atoms with van der Waals surface area (Å²) in [5.74, 6) is -0.190. The Morgan fingerprint density at radius 1 is 1.00 bits per heavy atom. The predicted octanol–water partition coefficient (Wildman–Crippen LogP) is 3.49. The first-order valence-corrected chi connectivity index (χ1v) is 8.59. The predicted molar refractivity (Wildman–Crippen MR) is 103 cm³/mol. The van der Waals surface area contributed by atoms with Crippen LogP contribution in [0.4, 0.5) is 10.1 Å². The monoisotopic (exact) mass is 364 g/mol. The van der Waals surface area contributed by atoms with Gasteiger partial charge in [-0.1, -0.05) is 36.4 Å². The van der Waals surface area contributed by atoms with Gasteiger partial charge in [0.15, 0.2) is 0 Å². The smallest absolute Gasteiger partial charge is 0.146 e. The summed E-state index contributed by atoms with van der Waals surface area (Å²) in [5, 5.41) is 9.43. The highest BCUT2D eigenvalue weighted by Crippen LogP contribution is 2.23. The molecule has 3 rings (SSSR count). The molecule has 3 nitrogen and oxygen atoms in total. The van der Waals surface area contributed by atoms with Crippen LogP contribution in [0.1, 0.15) is 18.1 Å². The molecule has 1 aliphatic rings. The van der Waals surface area contributed by atoms with Gasteiger partial charge in [0, 0.05) is 32.7 Å². The van der Waals surface area contributed by atoms with Crippen LogP contribution >= 0.6 is 12.4 Å². The van der Waals surface area contributed by atoms with Crippen LogP contribution in [0.3, 0.4) is 0 Å². The van der Waals surface area contributed by atoms with Crippen LogP contribution in [-0.4, -0.2) is 42.3 Å². The summed E-state index contributed by atoms with van der Waals surface area (Å²) in [6.07, 6.45) is 0.0407. The molecule has 1 unspecified atom stereocenters. The molecule has 1 fully saturated rings. The molecule has 25 heavy (non-hydrogen) atoms. The third kappa shape index (κ3) is 5.43. The molecule has 0 spiro atoms. The summed E-state index contributed by atoms with van der Waals surface area (Å²) >= 11 is 0. The molecule has 0 radical (unpaired) electrons.